The summed E-state index contributed by atoms with van der Waals surface area (Å²) >= 11 is 0. The molecule has 3 rings (SSSR count). The first-order valence-corrected chi connectivity index (χ1v) is 7.12. The maximum atomic E-state index is 12.3. The third-order valence-corrected chi connectivity index (χ3v) is 3.46. The lowest BCUT2D eigenvalue weighted by molar-refractivity contribution is 0.103. The topological polar surface area (TPSA) is 69.6 Å². The minimum Gasteiger partial charge on any atom is -0.508 e. The van der Waals surface area contributed by atoms with E-state index in [9.17, 15) is 15.0 Å². The Balaban J connectivity index is 1.78. The first kappa shape index (κ1) is 14.7. The molecule has 0 spiro atoms. The fourth-order valence-corrected chi connectivity index (χ4v) is 2.22. The van der Waals surface area contributed by atoms with Gasteiger partial charge in [0.25, 0.3) is 0 Å². The molecule has 0 aliphatic rings. The highest BCUT2D eigenvalue weighted by atomic mass is 16.3. The van der Waals surface area contributed by atoms with Crippen LogP contribution >= 0.6 is 0 Å². The van der Waals surface area contributed by atoms with E-state index in [-0.39, 0.29) is 17.3 Å². The molecule has 0 bridgehead atoms. The Morgan fingerprint density at radius 2 is 1.30 bits per heavy atom. The van der Waals surface area contributed by atoms with E-state index in [1.807, 2.05) is 6.07 Å². The Labute approximate surface area is 133 Å². The molecule has 0 saturated carbocycles. The molecule has 4 heteroatoms. The summed E-state index contributed by atoms with van der Waals surface area (Å²) in [5.41, 5.74) is 2.45. The predicted molar refractivity (Wildman–Crippen MR) is 89.4 cm³/mol. The Kier molecular flexibility index (Phi) is 3.97. The molecule has 0 radical (unpaired) electrons. The highest BCUT2D eigenvalue weighted by Gasteiger charge is 2.09. The average molecular weight is 305 g/mol. The highest BCUT2D eigenvalue weighted by molar-refractivity contribution is 6.09. The number of ketones is 1. The first-order valence-electron chi connectivity index (χ1n) is 7.12. The molecule has 3 aromatic rings. The zero-order valence-corrected chi connectivity index (χ0v) is 12.2. The van der Waals surface area contributed by atoms with Gasteiger partial charge in [-0.25, -0.2) is 0 Å². The Morgan fingerprint density at radius 1 is 0.739 bits per heavy atom. The van der Waals surface area contributed by atoms with Gasteiger partial charge in [-0.15, -0.1) is 0 Å². The Bertz CT molecular complexity index is 824. The van der Waals surface area contributed by atoms with Gasteiger partial charge in [0.15, 0.2) is 5.78 Å². The maximum Gasteiger partial charge on any atom is 0.193 e. The lowest BCUT2D eigenvalue weighted by atomic mass is 10.0. The number of benzene rings is 3. The largest absolute Gasteiger partial charge is 0.508 e. The molecule has 4 nitrogen and oxygen atoms in total. The van der Waals surface area contributed by atoms with Gasteiger partial charge in [-0.1, -0.05) is 12.1 Å². The van der Waals surface area contributed by atoms with Crippen LogP contribution in [0.4, 0.5) is 11.4 Å². The lowest BCUT2D eigenvalue weighted by Gasteiger charge is -2.09. The number of phenols is 2. The normalized spacial score (nSPS) is 10.3. The van der Waals surface area contributed by atoms with Gasteiger partial charge in [-0.3, -0.25) is 4.79 Å². The number of para-hydroxylation sites is 2. The summed E-state index contributed by atoms with van der Waals surface area (Å²) in [6, 6.07) is 20.1. The van der Waals surface area contributed by atoms with Crippen LogP contribution < -0.4 is 5.32 Å². The number of nitrogens with one attached hydrogen (secondary N) is 1. The summed E-state index contributed by atoms with van der Waals surface area (Å²) in [5.74, 6) is 0.180. The molecule has 23 heavy (non-hydrogen) atoms. The first-order chi connectivity index (χ1) is 11.1. The molecule has 0 heterocycles. The average Bonchev–Trinajstić information content (AvgIpc) is 2.58. The standard InChI is InChI=1S/C19H15NO3/c21-16-11-7-14(8-12-16)19(23)13-5-9-15(10-6-13)20-17-3-1-2-4-18(17)22/h1-12,20-22H. The predicted octanol–water partition coefficient (Wildman–Crippen LogP) is 4.07. The van der Waals surface area contributed by atoms with E-state index in [1.165, 1.54) is 12.1 Å². The molecule has 0 atom stereocenters. The van der Waals surface area contributed by atoms with Crippen molar-refractivity contribution in [2.24, 2.45) is 0 Å². The van der Waals surface area contributed by atoms with Crippen LogP contribution in [0.2, 0.25) is 0 Å². The van der Waals surface area contributed by atoms with Gasteiger partial charge in [0.05, 0.1) is 5.69 Å². The van der Waals surface area contributed by atoms with Gasteiger partial charge < -0.3 is 15.5 Å². The number of aromatic hydroxyl groups is 2. The molecular weight excluding hydrogens is 290 g/mol. The number of carbonyl (C=O) groups excluding carboxylic acids is 1. The number of phenolic OH excluding ortho intramolecular Hbond substituents is 2. The van der Waals surface area contributed by atoms with Crippen molar-refractivity contribution in [1.29, 1.82) is 0 Å². The molecule has 0 aliphatic carbocycles. The summed E-state index contributed by atoms with van der Waals surface area (Å²) in [6.07, 6.45) is 0. The van der Waals surface area contributed by atoms with Gasteiger partial charge >= 0.3 is 0 Å². The van der Waals surface area contributed by atoms with Crippen LogP contribution in [0.5, 0.6) is 11.5 Å². The second-order valence-corrected chi connectivity index (χ2v) is 5.10. The zero-order valence-electron chi connectivity index (χ0n) is 12.2. The van der Waals surface area contributed by atoms with Crippen molar-refractivity contribution < 1.29 is 15.0 Å². The van der Waals surface area contributed by atoms with Crippen LogP contribution in [0.1, 0.15) is 15.9 Å². The molecule has 0 unspecified atom stereocenters. The summed E-state index contributed by atoms with van der Waals surface area (Å²) in [5, 5.41) is 22.1. The van der Waals surface area contributed by atoms with Crippen molar-refractivity contribution in [3.05, 3.63) is 83.9 Å². The van der Waals surface area contributed by atoms with Crippen LogP contribution in [-0.2, 0) is 0 Å². The third kappa shape index (κ3) is 3.32. The van der Waals surface area contributed by atoms with E-state index in [2.05, 4.69) is 5.32 Å². The molecule has 0 fully saturated rings. The number of rotatable bonds is 4. The number of hydrogen-bond donors (Lipinski definition) is 3. The van der Waals surface area contributed by atoms with Gasteiger partial charge in [-0.2, -0.15) is 0 Å². The van der Waals surface area contributed by atoms with E-state index in [0.717, 1.165) is 5.69 Å². The quantitative estimate of drug-likeness (QED) is 0.502. The monoisotopic (exact) mass is 305 g/mol. The summed E-state index contributed by atoms with van der Waals surface area (Å²) in [6.45, 7) is 0. The van der Waals surface area contributed by atoms with Crippen molar-refractivity contribution in [2.75, 3.05) is 5.32 Å². The number of anilines is 2. The fourth-order valence-electron chi connectivity index (χ4n) is 2.22. The summed E-state index contributed by atoms with van der Waals surface area (Å²) in [7, 11) is 0. The molecule has 114 valence electrons. The van der Waals surface area contributed by atoms with Crippen LogP contribution in [0.3, 0.4) is 0 Å². The fraction of sp³-hybridized carbons (Fsp3) is 0. The molecular formula is C19H15NO3. The van der Waals surface area contributed by atoms with Crippen molar-refractivity contribution in [2.45, 2.75) is 0 Å². The van der Waals surface area contributed by atoms with Crippen LogP contribution in [-0.4, -0.2) is 16.0 Å². The van der Waals surface area contributed by atoms with E-state index >= 15 is 0 Å². The van der Waals surface area contributed by atoms with Gasteiger partial charge in [-0.05, 0) is 60.7 Å². The number of hydrogen-bond acceptors (Lipinski definition) is 4. The van der Waals surface area contributed by atoms with Gasteiger partial charge in [0.2, 0.25) is 0 Å². The van der Waals surface area contributed by atoms with E-state index in [0.29, 0.717) is 16.8 Å². The molecule has 0 amide bonds. The SMILES string of the molecule is O=C(c1ccc(O)cc1)c1ccc(Nc2ccccc2O)cc1. The summed E-state index contributed by atoms with van der Waals surface area (Å²) in [4.78, 5) is 12.3. The molecule has 0 aliphatic heterocycles. The highest BCUT2D eigenvalue weighted by Crippen LogP contribution is 2.26. The lowest BCUT2D eigenvalue weighted by Crippen LogP contribution is -2.01. The summed E-state index contributed by atoms with van der Waals surface area (Å²) < 4.78 is 0. The van der Waals surface area contributed by atoms with Crippen molar-refractivity contribution >= 4 is 17.2 Å². The van der Waals surface area contributed by atoms with E-state index in [1.54, 1.807) is 54.6 Å². The molecule has 0 saturated heterocycles. The molecule has 3 aromatic carbocycles. The zero-order chi connectivity index (χ0) is 16.2. The minimum absolute atomic E-state index is 0.112. The Morgan fingerprint density at radius 3 is 1.91 bits per heavy atom. The Hall–Kier alpha value is -3.27. The van der Waals surface area contributed by atoms with Crippen LogP contribution in [0.15, 0.2) is 72.8 Å². The number of carbonyl (C=O) groups is 1. The van der Waals surface area contributed by atoms with Crippen LogP contribution in [0.25, 0.3) is 0 Å². The van der Waals surface area contributed by atoms with E-state index in [4.69, 9.17) is 0 Å². The second-order valence-electron chi connectivity index (χ2n) is 5.10. The van der Waals surface area contributed by atoms with Gasteiger partial charge in [0, 0.05) is 16.8 Å². The smallest absolute Gasteiger partial charge is 0.193 e. The van der Waals surface area contributed by atoms with Gasteiger partial charge in [0.1, 0.15) is 11.5 Å². The van der Waals surface area contributed by atoms with Crippen molar-refractivity contribution in [3.63, 3.8) is 0 Å². The van der Waals surface area contributed by atoms with E-state index < -0.39 is 0 Å². The third-order valence-electron chi connectivity index (χ3n) is 3.46. The van der Waals surface area contributed by atoms with Crippen molar-refractivity contribution in [3.8, 4) is 11.5 Å². The second kappa shape index (κ2) is 6.23. The van der Waals surface area contributed by atoms with Crippen molar-refractivity contribution in [1.82, 2.24) is 0 Å². The molecule has 0 aromatic heterocycles. The molecule has 3 N–H and O–H groups in total. The maximum absolute atomic E-state index is 12.3. The van der Waals surface area contributed by atoms with Crippen LogP contribution in [0, 0.1) is 0 Å². The minimum atomic E-state index is -0.112.